The van der Waals surface area contributed by atoms with Crippen LogP contribution >= 0.6 is 11.6 Å². The third kappa shape index (κ3) is 1.35. The Morgan fingerprint density at radius 3 is 2.50 bits per heavy atom. The Bertz CT molecular complexity index is 333. The van der Waals surface area contributed by atoms with Crippen LogP contribution in [0.25, 0.3) is 0 Å². The number of aromatic nitrogens is 1. The van der Waals surface area contributed by atoms with E-state index in [2.05, 4.69) is 25.8 Å². The van der Waals surface area contributed by atoms with Crippen LogP contribution in [0, 0.1) is 12.8 Å². The Morgan fingerprint density at radius 2 is 2.07 bits per heavy atom. The zero-order chi connectivity index (χ0) is 10.3. The third-order valence-corrected chi connectivity index (χ3v) is 3.80. The number of rotatable bonds is 2. The van der Waals surface area contributed by atoms with Crippen molar-refractivity contribution in [1.82, 2.24) is 4.98 Å². The fraction of sp³-hybridized carbons (Fsp3) is 0.583. The van der Waals surface area contributed by atoms with Gasteiger partial charge in [-0.2, -0.15) is 0 Å². The molecule has 1 saturated carbocycles. The molecular weight excluding hydrogens is 194 g/mol. The minimum Gasteiger partial charge on any atom is -0.261 e. The van der Waals surface area contributed by atoms with Gasteiger partial charge < -0.3 is 0 Å². The van der Waals surface area contributed by atoms with Gasteiger partial charge in [-0.25, -0.2) is 0 Å². The fourth-order valence-electron chi connectivity index (χ4n) is 2.38. The first kappa shape index (κ1) is 9.97. The van der Waals surface area contributed by atoms with Crippen molar-refractivity contribution in [1.29, 1.82) is 0 Å². The number of aryl methyl sites for hydroxylation is 1. The molecular formula is C12H16ClN. The summed E-state index contributed by atoms with van der Waals surface area (Å²) in [6.07, 6.45) is 4.31. The standard InChI is InChI=1S/C12H16ClN/c1-8(2)12(5-6-12)11-9(3)14-7-4-10(11)13/h4,7-8H,5-6H2,1-3H3. The molecule has 1 aromatic rings. The maximum Gasteiger partial charge on any atom is 0.0477 e. The lowest BCUT2D eigenvalue weighted by molar-refractivity contribution is 0.477. The van der Waals surface area contributed by atoms with E-state index in [0.29, 0.717) is 11.3 Å². The van der Waals surface area contributed by atoms with Gasteiger partial charge in [-0.05, 0) is 37.3 Å². The van der Waals surface area contributed by atoms with E-state index >= 15 is 0 Å². The van der Waals surface area contributed by atoms with Crippen molar-refractivity contribution >= 4 is 11.6 Å². The molecule has 0 atom stereocenters. The zero-order valence-electron chi connectivity index (χ0n) is 8.97. The first-order valence-corrected chi connectivity index (χ1v) is 5.57. The number of halogens is 1. The minimum absolute atomic E-state index is 0.329. The van der Waals surface area contributed by atoms with Gasteiger partial charge in [0.25, 0.3) is 0 Å². The number of hydrogen-bond donors (Lipinski definition) is 0. The quantitative estimate of drug-likeness (QED) is 0.724. The maximum absolute atomic E-state index is 6.26. The molecule has 0 spiro atoms. The Hall–Kier alpha value is -0.560. The maximum atomic E-state index is 6.26. The second-order valence-electron chi connectivity index (χ2n) is 4.56. The number of nitrogens with zero attached hydrogens (tertiary/aromatic N) is 1. The summed E-state index contributed by atoms with van der Waals surface area (Å²) in [4.78, 5) is 4.34. The van der Waals surface area contributed by atoms with Crippen LogP contribution in [-0.2, 0) is 5.41 Å². The molecule has 0 saturated heterocycles. The van der Waals surface area contributed by atoms with Gasteiger partial charge in [0.05, 0.1) is 0 Å². The molecule has 14 heavy (non-hydrogen) atoms. The summed E-state index contributed by atoms with van der Waals surface area (Å²) in [7, 11) is 0. The molecule has 0 bridgehead atoms. The van der Waals surface area contributed by atoms with Gasteiger partial charge in [-0.15, -0.1) is 0 Å². The lowest BCUT2D eigenvalue weighted by Crippen LogP contribution is -2.17. The fourth-order valence-corrected chi connectivity index (χ4v) is 2.77. The molecule has 1 aliphatic rings. The average molecular weight is 210 g/mol. The summed E-state index contributed by atoms with van der Waals surface area (Å²) in [6, 6.07) is 1.91. The summed E-state index contributed by atoms with van der Waals surface area (Å²) < 4.78 is 0. The van der Waals surface area contributed by atoms with Crippen LogP contribution in [0.2, 0.25) is 5.02 Å². The molecule has 1 fully saturated rings. The van der Waals surface area contributed by atoms with E-state index in [-0.39, 0.29) is 0 Å². The van der Waals surface area contributed by atoms with Crippen LogP contribution in [0.15, 0.2) is 12.3 Å². The average Bonchev–Trinajstić information content (AvgIpc) is 2.85. The summed E-state index contributed by atoms with van der Waals surface area (Å²) >= 11 is 6.26. The van der Waals surface area contributed by atoms with E-state index < -0.39 is 0 Å². The Balaban J connectivity index is 2.51. The molecule has 1 aliphatic carbocycles. The highest BCUT2D eigenvalue weighted by molar-refractivity contribution is 6.31. The van der Waals surface area contributed by atoms with Crippen LogP contribution in [-0.4, -0.2) is 4.98 Å². The van der Waals surface area contributed by atoms with E-state index in [1.54, 1.807) is 6.20 Å². The Morgan fingerprint density at radius 1 is 1.43 bits per heavy atom. The zero-order valence-corrected chi connectivity index (χ0v) is 9.73. The van der Waals surface area contributed by atoms with Gasteiger partial charge in [0.1, 0.15) is 0 Å². The van der Waals surface area contributed by atoms with Crippen molar-refractivity contribution in [3.05, 3.63) is 28.5 Å². The second-order valence-corrected chi connectivity index (χ2v) is 4.97. The topological polar surface area (TPSA) is 12.9 Å². The first-order chi connectivity index (χ1) is 6.58. The molecule has 2 rings (SSSR count). The number of hydrogen-bond acceptors (Lipinski definition) is 1. The predicted octanol–water partition coefficient (Wildman–Crippen LogP) is 3.73. The predicted molar refractivity (Wildman–Crippen MR) is 59.7 cm³/mol. The van der Waals surface area contributed by atoms with E-state index in [4.69, 9.17) is 11.6 Å². The molecule has 2 heteroatoms. The van der Waals surface area contributed by atoms with Crippen molar-refractivity contribution in [3.63, 3.8) is 0 Å². The minimum atomic E-state index is 0.329. The van der Waals surface area contributed by atoms with Crippen LogP contribution in [0.3, 0.4) is 0 Å². The van der Waals surface area contributed by atoms with Crippen molar-refractivity contribution < 1.29 is 0 Å². The smallest absolute Gasteiger partial charge is 0.0477 e. The summed E-state index contributed by atoms with van der Waals surface area (Å²) in [5.41, 5.74) is 2.72. The molecule has 76 valence electrons. The van der Waals surface area contributed by atoms with Gasteiger partial charge >= 0.3 is 0 Å². The van der Waals surface area contributed by atoms with Crippen LogP contribution < -0.4 is 0 Å². The molecule has 0 unspecified atom stereocenters. The summed E-state index contributed by atoms with van der Waals surface area (Å²) in [5, 5.41) is 0.892. The molecule has 1 aromatic heterocycles. The van der Waals surface area contributed by atoms with Crippen molar-refractivity contribution in [3.8, 4) is 0 Å². The lowest BCUT2D eigenvalue weighted by Gasteiger charge is -2.22. The van der Waals surface area contributed by atoms with E-state index in [1.165, 1.54) is 18.4 Å². The van der Waals surface area contributed by atoms with Crippen LogP contribution in [0.5, 0.6) is 0 Å². The van der Waals surface area contributed by atoms with E-state index in [9.17, 15) is 0 Å². The lowest BCUT2D eigenvalue weighted by atomic mass is 9.84. The highest BCUT2D eigenvalue weighted by atomic mass is 35.5. The molecule has 1 nitrogen and oxygen atoms in total. The summed E-state index contributed by atoms with van der Waals surface area (Å²) in [5.74, 6) is 0.655. The van der Waals surface area contributed by atoms with Gasteiger partial charge in [-0.1, -0.05) is 25.4 Å². The van der Waals surface area contributed by atoms with E-state index in [1.807, 2.05) is 6.07 Å². The van der Waals surface area contributed by atoms with Crippen molar-refractivity contribution in [2.45, 2.75) is 39.0 Å². The molecule has 0 N–H and O–H groups in total. The van der Waals surface area contributed by atoms with Gasteiger partial charge in [-0.3, -0.25) is 4.98 Å². The number of pyridine rings is 1. The summed E-state index contributed by atoms with van der Waals surface area (Å²) in [6.45, 7) is 6.61. The van der Waals surface area contributed by atoms with Crippen molar-refractivity contribution in [2.24, 2.45) is 5.92 Å². The molecule has 0 amide bonds. The second kappa shape index (κ2) is 3.23. The van der Waals surface area contributed by atoms with Crippen LogP contribution in [0.4, 0.5) is 0 Å². The highest BCUT2D eigenvalue weighted by Crippen LogP contribution is 2.56. The normalized spacial score (nSPS) is 18.6. The molecule has 0 radical (unpaired) electrons. The van der Waals surface area contributed by atoms with Crippen molar-refractivity contribution in [2.75, 3.05) is 0 Å². The Labute approximate surface area is 90.5 Å². The molecule has 0 aromatic carbocycles. The van der Waals surface area contributed by atoms with Gasteiger partial charge in [0.15, 0.2) is 0 Å². The van der Waals surface area contributed by atoms with Gasteiger partial charge in [0.2, 0.25) is 0 Å². The molecule has 1 heterocycles. The third-order valence-electron chi connectivity index (χ3n) is 3.48. The van der Waals surface area contributed by atoms with Crippen LogP contribution in [0.1, 0.15) is 37.9 Å². The monoisotopic (exact) mass is 209 g/mol. The van der Waals surface area contributed by atoms with Gasteiger partial charge in [0, 0.05) is 22.3 Å². The highest BCUT2D eigenvalue weighted by Gasteiger charge is 2.48. The van der Waals surface area contributed by atoms with E-state index in [0.717, 1.165) is 10.7 Å². The Kier molecular flexibility index (Phi) is 2.30. The first-order valence-electron chi connectivity index (χ1n) is 5.19. The SMILES string of the molecule is Cc1nccc(Cl)c1C1(C(C)C)CC1. The largest absolute Gasteiger partial charge is 0.261 e. The molecule has 0 aliphatic heterocycles.